The third-order valence-corrected chi connectivity index (χ3v) is 4.99. The second-order valence-electron chi connectivity index (χ2n) is 7.00. The van der Waals surface area contributed by atoms with E-state index in [9.17, 15) is 10.1 Å². The molecule has 27 heavy (non-hydrogen) atoms. The maximum atomic E-state index is 11.4. The van der Waals surface area contributed by atoms with E-state index in [1.807, 2.05) is 12.1 Å². The molecule has 2 heterocycles. The number of anilines is 2. The van der Waals surface area contributed by atoms with E-state index in [4.69, 9.17) is 11.5 Å². The van der Waals surface area contributed by atoms with Crippen LogP contribution in [0.15, 0.2) is 24.5 Å². The van der Waals surface area contributed by atoms with Crippen LogP contribution in [0.1, 0.15) is 36.9 Å². The minimum absolute atomic E-state index is 0.0936. The van der Waals surface area contributed by atoms with Crippen molar-refractivity contribution >= 4 is 17.5 Å². The quantitative estimate of drug-likeness (QED) is 0.495. The molecular formula is C18H25N7O2. The molecule has 9 nitrogen and oxygen atoms in total. The number of hydrogen-bond acceptors (Lipinski definition) is 8. The summed E-state index contributed by atoms with van der Waals surface area (Å²) in [6.07, 6.45) is 8.55. The van der Waals surface area contributed by atoms with Gasteiger partial charge in [0, 0.05) is 25.0 Å². The van der Waals surface area contributed by atoms with Crippen molar-refractivity contribution in [2.45, 2.75) is 44.6 Å². The normalized spacial score (nSPS) is 19.6. The molecule has 9 heteroatoms. The first kappa shape index (κ1) is 19.0. The monoisotopic (exact) mass is 371 g/mol. The lowest BCUT2D eigenvalue weighted by molar-refractivity contribution is -0.385. The Hall–Kier alpha value is -2.81. The standard InChI is InChI=1S/C18H25N7O2/c19-14-3-1-13(2-4-14)11-15-16(25(26)27)17(20)24-18(23-15)22-10-7-12-5-8-21-9-6-12/h5-6,8-9,13-14H,1-4,7,10-11,19H2,(H3,20,22,23,24). The first-order valence-corrected chi connectivity index (χ1v) is 9.22. The Morgan fingerprint density at radius 3 is 2.56 bits per heavy atom. The van der Waals surface area contributed by atoms with Gasteiger partial charge in [-0.25, -0.2) is 4.98 Å². The summed E-state index contributed by atoms with van der Waals surface area (Å²) >= 11 is 0. The van der Waals surface area contributed by atoms with E-state index >= 15 is 0 Å². The molecule has 3 rings (SSSR count). The number of hydrogen-bond donors (Lipinski definition) is 3. The molecule has 0 spiro atoms. The number of aromatic nitrogens is 3. The van der Waals surface area contributed by atoms with E-state index in [0.717, 1.165) is 37.7 Å². The lowest BCUT2D eigenvalue weighted by Gasteiger charge is -2.25. The molecule has 1 fully saturated rings. The van der Waals surface area contributed by atoms with Crippen LogP contribution in [0.3, 0.4) is 0 Å². The number of nitrogens with two attached hydrogens (primary N) is 2. The highest BCUT2D eigenvalue weighted by atomic mass is 16.6. The molecule has 1 aliphatic carbocycles. The molecule has 0 saturated heterocycles. The largest absolute Gasteiger partial charge is 0.378 e. The molecule has 0 aromatic carbocycles. The zero-order valence-corrected chi connectivity index (χ0v) is 15.2. The van der Waals surface area contributed by atoms with E-state index in [1.54, 1.807) is 12.4 Å². The van der Waals surface area contributed by atoms with Gasteiger partial charge < -0.3 is 16.8 Å². The Morgan fingerprint density at radius 2 is 1.89 bits per heavy atom. The minimum Gasteiger partial charge on any atom is -0.378 e. The molecule has 0 unspecified atom stereocenters. The second kappa shape index (κ2) is 8.72. The van der Waals surface area contributed by atoms with Gasteiger partial charge in [0.15, 0.2) is 0 Å². The molecule has 5 N–H and O–H groups in total. The zero-order valence-electron chi connectivity index (χ0n) is 15.2. The summed E-state index contributed by atoms with van der Waals surface area (Å²) in [6, 6.07) is 4.11. The number of nitrogens with one attached hydrogen (secondary N) is 1. The van der Waals surface area contributed by atoms with Gasteiger partial charge in [-0.2, -0.15) is 4.98 Å². The van der Waals surface area contributed by atoms with Crippen LogP contribution in [-0.2, 0) is 12.8 Å². The molecule has 1 aliphatic rings. The molecule has 1 saturated carbocycles. The number of rotatable bonds is 7. The van der Waals surface area contributed by atoms with Crippen molar-refractivity contribution < 1.29 is 4.92 Å². The van der Waals surface area contributed by atoms with E-state index in [0.29, 0.717) is 30.5 Å². The number of nitrogen functional groups attached to an aromatic ring is 1. The molecule has 144 valence electrons. The molecule has 0 radical (unpaired) electrons. The highest BCUT2D eigenvalue weighted by Gasteiger charge is 2.27. The van der Waals surface area contributed by atoms with Gasteiger partial charge in [-0.3, -0.25) is 15.1 Å². The molecule has 2 aromatic rings. The minimum atomic E-state index is -0.486. The fourth-order valence-corrected chi connectivity index (χ4v) is 3.47. The molecule has 0 atom stereocenters. The summed E-state index contributed by atoms with van der Waals surface area (Å²) in [7, 11) is 0. The maximum Gasteiger partial charge on any atom is 0.332 e. The van der Waals surface area contributed by atoms with Crippen LogP contribution in [0.4, 0.5) is 17.5 Å². The van der Waals surface area contributed by atoms with Crippen molar-refractivity contribution in [2.24, 2.45) is 11.7 Å². The van der Waals surface area contributed by atoms with Crippen LogP contribution in [0.5, 0.6) is 0 Å². The van der Waals surface area contributed by atoms with Crippen molar-refractivity contribution in [3.63, 3.8) is 0 Å². The van der Waals surface area contributed by atoms with Gasteiger partial charge in [0.1, 0.15) is 5.69 Å². The Bertz CT molecular complexity index is 777. The third kappa shape index (κ3) is 5.10. The van der Waals surface area contributed by atoms with E-state index in [1.165, 1.54) is 0 Å². The van der Waals surface area contributed by atoms with E-state index < -0.39 is 4.92 Å². The van der Waals surface area contributed by atoms with E-state index in [-0.39, 0.29) is 17.5 Å². The summed E-state index contributed by atoms with van der Waals surface area (Å²) in [5.41, 5.74) is 13.2. The van der Waals surface area contributed by atoms with Crippen molar-refractivity contribution in [2.75, 3.05) is 17.6 Å². The van der Waals surface area contributed by atoms with Gasteiger partial charge in [-0.1, -0.05) is 0 Å². The number of nitro groups is 1. The predicted octanol–water partition coefficient (Wildman–Crippen LogP) is 2.08. The van der Waals surface area contributed by atoms with Crippen molar-refractivity contribution in [3.05, 3.63) is 45.9 Å². The molecule has 0 amide bonds. The SMILES string of the molecule is Nc1nc(NCCc2ccncc2)nc(CC2CCC(N)CC2)c1[N+](=O)[O-]. The van der Waals surface area contributed by atoms with Crippen molar-refractivity contribution in [1.29, 1.82) is 0 Å². The summed E-state index contributed by atoms with van der Waals surface area (Å²) in [4.78, 5) is 23.4. The Morgan fingerprint density at radius 1 is 1.19 bits per heavy atom. The second-order valence-corrected chi connectivity index (χ2v) is 7.00. The Labute approximate surface area is 157 Å². The summed E-state index contributed by atoms with van der Waals surface area (Å²) < 4.78 is 0. The van der Waals surface area contributed by atoms with Gasteiger partial charge >= 0.3 is 5.69 Å². The van der Waals surface area contributed by atoms with E-state index in [2.05, 4.69) is 20.3 Å². The lowest BCUT2D eigenvalue weighted by atomic mass is 9.83. The molecule has 0 aliphatic heterocycles. The topological polar surface area (TPSA) is 146 Å². The fraction of sp³-hybridized carbons (Fsp3) is 0.500. The number of nitrogens with zero attached hydrogens (tertiary/aromatic N) is 4. The fourth-order valence-electron chi connectivity index (χ4n) is 3.47. The zero-order chi connectivity index (χ0) is 19.2. The highest BCUT2D eigenvalue weighted by molar-refractivity contribution is 5.58. The van der Waals surface area contributed by atoms with Crippen molar-refractivity contribution in [1.82, 2.24) is 15.0 Å². The maximum absolute atomic E-state index is 11.4. The lowest BCUT2D eigenvalue weighted by Crippen LogP contribution is -2.27. The van der Waals surface area contributed by atoms with Gasteiger partial charge in [0.25, 0.3) is 0 Å². The van der Waals surface area contributed by atoms with Crippen molar-refractivity contribution in [3.8, 4) is 0 Å². The summed E-state index contributed by atoms with van der Waals surface area (Å²) in [5, 5.41) is 14.6. The average Bonchev–Trinajstić information content (AvgIpc) is 2.64. The summed E-state index contributed by atoms with van der Waals surface area (Å²) in [5.74, 6) is 0.570. The van der Waals surface area contributed by atoms with Crippen LogP contribution in [0.2, 0.25) is 0 Å². The van der Waals surface area contributed by atoms with Crippen LogP contribution in [0.25, 0.3) is 0 Å². The third-order valence-electron chi connectivity index (χ3n) is 4.99. The Kier molecular flexibility index (Phi) is 6.12. The molecular weight excluding hydrogens is 346 g/mol. The number of pyridine rings is 1. The molecule has 0 bridgehead atoms. The van der Waals surface area contributed by atoms with Gasteiger partial charge in [0.05, 0.1) is 4.92 Å². The first-order chi connectivity index (χ1) is 13.0. The smallest absolute Gasteiger partial charge is 0.332 e. The highest BCUT2D eigenvalue weighted by Crippen LogP contribution is 2.31. The van der Waals surface area contributed by atoms with Crippen LogP contribution in [0, 0.1) is 16.0 Å². The predicted molar refractivity (Wildman–Crippen MR) is 103 cm³/mol. The van der Waals surface area contributed by atoms with Crippen LogP contribution < -0.4 is 16.8 Å². The van der Waals surface area contributed by atoms with Crippen LogP contribution in [-0.4, -0.2) is 32.5 Å². The summed E-state index contributed by atoms with van der Waals surface area (Å²) in [6.45, 7) is 0.596. The first-order valence-electron chi connectivity index (χ1n) is 9.22. The average molecular weight is 371 g/mol. The molecule has 2 aromatic heterocycles. The van der Waals surface area contributed by atoms with Crippen LogP contribution >= 0.6 is 0 Å². The van der Waals surface area contributed by atoms with Gasteiger partial charge in [0.2, 0.25) is 11.8 Å². The van der Waals surface area contributed by atoms with Gasteiger partial charge in [-0.05, 0) is 62.1 Å². The Balaban J connectivity index is 1.71. The van der Waals surface area contributed by atoms with Gasteiger partial charge in [-0.15, -0.1) is 0 Å².